The molecule has 1 aliphatic rings. The second-order valence-electron chi connectivity index (χ2n) is 5.64. The van der Waals surface area contributed by atoms with E-state index in [1.807, 2.05) is 0 Å². The van der Waals surface area contributed by atoms with Gasteiger partial charge in [-0.1, -0.05) is 30.0 Å². The Labute approximate surface area is 137 Å². The molecule has 2 aromatic rings. The van der Waals surface area contributed by atoms with Crippen molar-refractivity contribution >= 4 is 5.69 Å². The van der Waals surface area contributed by atoms with Crippen molar-refractivity contribution in [1.29, 1.82) is 0 Å². The number of hydrogen-bond acceptors (Lipinski definition) is 1. The maximum absolute atomic E-state index is 14.3. The lowest BCUT2D eigenvalue weighted by Gasteiger charge is -2.29. The highest BCUT2D eigenvalue weighted by Gasteiger charge is 2.28. The van der Waals surface area contributed by atoms with Gasteiger partial charge in [0.1, 0.15) is 11.3 Å². The Bertz CT molecular complexity index is 771. The molecule has 5 heteroatoms. The molecule has 0 N–H and O–H groups in total. The lowest BCUT2D eigenvalue weighted by Crippen LogP contribution is -2.31. The Morgan fingerprint density at radius 2 is 1.29 bits per heavy atom. The van der Waals surface area contributed by atoms with Crippen LogP contribution in [0.4, 0.5) is 23.2 Å². The van der Waals surface area contributed by atoms with Crippen molar-refractivity contribution in [2.45, 2.75) is 19.3 Å². The summed E-state index contributed by atoms with van der Waals surface area (Å²) in [6.45, 7) is 0.753. The molecule has 0 amide bonds. The van der Waals surface area contributed by atoms with Gasteiger partial charge in [0, 0.05) is 18.7 Å². The first-order valence-electron chi connectivity index (χ1n) is 7.77. The maximum Gasteiger partial charge on any atom is 0.186 e. The van der Waals surface area contributed by atoms with E-state index in [9.17, 15) is 17.6 Å². The second kappa shape index (κ2) is 6.96. The molecule has 0 saturated carbocycles. The van der Waals surface area contributed by atoms with Crippen LogP contribution in [0.3, 0.4) is 0 Å². The largest absolute Gasteiger partial charge is 0.367 e. The number of hydrogen-bond donors (Lipinski definition) is 0. The van der Waals surface area contributed by atoms with Crippen molar-refractivity contribution in [3.8, 4) is 11.8 Å². The Kier molecular flexibility index (Phi) is 4.75. The van der Waals surface area contributed by atoms with E-state index in [0.29, 0.717) is 18.7 Å². The summed E-state index contributed by atoms with van der Waals surface area (Å²) in [6, 6.07) is 8.45. The Morgan fingerprint density at radius 1 is 0.708 bits per heavy atom. The van der Waals surface area contributed by atoms with Crippen LogP contribution in [0.1, 0.15) is 30.4 Å². The van der Waals surface area contributed by atoms with Crippen LogP contribution >= 0.6 is 0 Å². The highest BCUT2D eigenvalue weighted by Crippen LogP contribution is 2.32. The Hall–Kier alpha value is -2.48. The lowest BCUT2D eigenvalue weighted by molar-refractivity contribution is 0.442. The number of benzene rings is 2. The molecule has 1 nitrogen and oxygen atoms in total. The molecule has 0 aliphatic carbocycles. The zero-order chi connectivity index (χ0) is 17.1. The molecule has 0 bridgehead atoms. The maximum atomic E-state index is 14.3. The lowest BCUT2D eigenvalue weighted by atomic mass is 10.1. The minimum absolute atomic E-state index is 0.377. The van der Waals surface area contributed by atoms with E-state index >= 15 is 0 Å². The first-order valence-corrected chi connectivity index (χ1v) is 7.77. The molecule has 0 unspecified atom stereocenters. The number of halogens is 4. The van der Waals surface area contributed by atoms with Gasteiger partial charge in [0.15, 0.2) is 23.3 Å². The molecule has 0 atom stereocenters. The summed E-state index contributed by atoms with van der Waals surface area (Å²) in [6.07, 6.45) is 2.40. The van der Waals surface area contributed by atoms with Gasteiger partial charge >= 0.3 is 0 Å². The van der Waals surface area contributed by atoms with Crippen LogP contribution < -0.4 is 4.90 Å². The van der Waals surface area contributed by atoms with Crippen LogP contribution in [0.15, 0.2) is 30.3 Å². The van der Waals surface area contributed by atoms with Crippen molar-refractivity contribution in [2.24, 2.45) is 0 Å². The predicted molar refractivity (Wildman–Crippen MR) is 84.8 cm³/mol. The molecule has 24 heavy (non-hydrogen) atoms. The number of anilines is 1. The van der Waals surface area contributed by atoms with E-state index in [-0.39, 0.29) is 0 Å². The Balaban J connectivity index is 2.05. The third-order valence-corrected chi connectivity index (χ3v) is 4.02. The van der Waals surface area contributed by atoms with Gasteiger partial charge in [0.2, 0.25) is 0 Å². The third kappa shape index (κ3) is 3.09. The number of piperidine rings is 1. The molecular formula is C19H15F4N. The van der Waals surface area contributed by atoms with E-state index in [0.717, 1.165) is 19.3 Å². The van der Waals surface area contributed by atoms with Gasteiger partial charge in [-0.2, -0.15) is 0 Å². The van der Waals surface area contributed by atoms with Gasteiger partial charge in [-0.05, 0) is 31.4 Å². The molecule has 0 aromatic heterocycles. The van der Waals surface area contributed by atoms with Crippen LogP contribution in [0, 0.1) is 35.1 Å². The average Bonchev–Trinajstić information content (AvgIpc) is 2.62. The molecule has 0 radical (unpaired) electrons. The van der Waals surface area contributed by atoms with Crippen LogP contribution in [0.25, 0.3) is 0 Å². The van der Waals surface area contributed by atoms with Crippen molar-refractivity contribution in [3.63, 3.8) is 0 Å². The highest BCUT2D eigenvalue weighted by molar-refractivity contribution is 5.56. The summed E-state index contributed by atoms with van der Waals surface area (Å²) in [5.41, 5.74) is -1.01. The fourth-order valence-electron chi connectivity index (χ4n) is 2.78. The summed E-state index contributed by atoms with van der Waals surface area (Å²) in [4.78, 5) is 1.36. The minimum Gasteiger partial charge on any atom is -0.367 e. The van der Waals surface area contributed by atoms with Crippen LogP contribution in [-0.2, 0) is 0 Å². The standard InChI is InChI=1S/C19H15F4N/c20-15-14(10-9-13-7-3-1-4-8-13)16(21)18(23)19(17(15)22)24-11-5-2-6-12-24/h1,3-4,7-8H,2,5-6,11-12H2. The van der Waals surface area contributed by atoms with E-state index in [4.69, 9.17) is 0 Å². The number of rotatable bonds is 1. The highest BCUT2D eigenvalue weighted by atomic mass is 19.2. The van der Waals surface area contributed by atoms with E-state index < -0.39 is 34.5 Å². The molecule has 2 aromatic carbocycles. The molecule has 0 spiro atoms. The van der Waals surface area contributed by atoms with E-state index in [1.54, 1.807) is 30.3 Å². The molecule has 1 aliphatic heterocycles. The van der Waals surface area contributed by atoms with Crippen molar-refractivity contribution in [3.05, 3.63) is 64.7 Å². The van der Waals surface area contributed by atoms with Crippen LogP contribution in [-0.4, -0.2) is 13.1 Å². The van der Waals surface area contributed by atoms with Gasteiger partial charge < -0.3 is 4.90 Å². The molecule has 3 rings (SSSR count). The summed E-state index contributed by atoms with van der Waals surface area (Å²) in [7, 11) is 0. The second-order valence-corrected chi connectivity index (χ2v) is 5.64. The first kappa shape index (κ1) is 16.4. The molecule has 1 heterocycles. The molecule has 1 fully saturated rings. The van der Waals surface area contributed by atoms with Gasteiger partial charge in [-0.3, -0.25) is 0 Å². The fourth-order valence-corrected chi connectivity index (χ4v) is 2.78. The minimum atomic E-state index is -1.45. The van der Waals surface area contributed by atoms with Crippen LogP contribution in [0.5, 0.6) is 0 Å². The monoisotopic (exact) mass is 333 g/mol. The topological polar surface area (TPSA) is 3.24 Å². The van der Waals surface area contributed by atoms with Gasteiger partial charge in [-0.15, -0.1) is 0 Å². The van der Waals surface area contributed by atoms with Crippen molar-refractivity contribution < 1.29 is 17.6 Å². The fraction of sp³-hybridized carbons (Fsp3) is 0.263. The number of nitrogens with zero attached hydrogens (tertiary/aromatic N) is 1. The zero-order valence-corrected chi connectivity index (χ0v) is 12.9. The van der Waals surface area contributed by atoms with Crippen molar-refractivity contribution in [2.75, 3.05) is 18.0 Å². The Morgan fingerprint density at radius 3 is 1.88 bits per heavy atom. The summed E-state index contributed by atoms with van der Waals surface area (Å²) >= 11 is 0. The SMILES string of the molecule is Fc1c(F)c(N2CCCCC2)c(F)c(F)c1C#Cc1ccccc1. The smallest absolute Gasteiger partial charge is 0.186 e. The van der Waals surface area contributed by atoms with Gasteiger partial charge in [0.25, 0.3) is 0 Å². The third-order valence-electron chi connectivity index (χ3n) is 4.02. The normalized spacial score (nSPS) is 14.2. The molecular weight excluding hydrogens is 318 g/mol. The quantitative estimate of drug-likeness (QED) is 0.418. The molecule has 1 saturated heterocycles. The summed E-state index contributed by atoms with van der Waals surface area (Å²) < 4.78 is 57.1. The van der Waals surface area contributed by atoms with Gasteiger partial charge in [0.05, 0.1) is 0 Å². The predicted octanol–water partition coefficient (Wildman–Crippen LogP) is 4.63. The van der Waals surface area contributed by atoms with Crippen LogP contribution in [0.2, 0.25) is 0 Å². The molecule has 124 valence electrons. The van der Waals surface area contributed by atoms with Gasteiger partial charge in [-0.25, -0.2) is 17.6 Å². The average molecular weight is 333 g/mol. The van der Waals surface area contributed by atoms with Crippen molar-refractivity contribution in [1.82, 2.24) is 0 Å². The first-order chi connectivity index (χ1) is 11.6. The van der Waals surface area contributed by atoms with E-state index in [1.165, 1.54) is 4.90 Å². The zero-order valence-electron chi connectivity index (χ0n) is 12.9. The van der Waals surface area contributed by atoms with E-state index in [2.05, 4.69) is 11.8 Å². The summed E-state index contributed by atoms with van der Waals surface area (Å²) in [5.74, 6) is -0.926. The summed E-state index contributed by atoms with van der Waals surface area (Å²) in [5, 5.41) is 0.